The summed E-state index contributed by atoms with van der Waals surface area (Å²) in [6.07, 6.45) is -11.5. The largest absolute Gasteiger partial charge is 0.430 e. The van der Waals surface area contributed by atoms with Crippen molar-refractivity contribution in [2.45, 2.75) is 44.1 Å². The minimum atomic E-state index is -5.96. The van der Waals surface area contributed by atoms with Gasteiger partial charge in [-0.3, -0.25) is 4.79 Å². The molecule has 0 bridgehead atoms. The van der Waals surface area contributed by atoms with Gasteiger partial charge >= 0.3 is 12.4 Å². The first-order chi connectivity index (χ1) is 13.9. The highest BCUT2D eigenvalue weighted by Gasteiger charge is 2.71. The van der Waals surface area contributed by atoms with E-state index in [2.05, 4.69) is 0 Å². The van der Waals surface area contributed by atoms with Crippen molar-refractivity contribution in [3.63, 3.8) is 0 Å². The van der Waals surface area contributed by atoms with E-state index in [4.69, 9.17) is 0 Å². The summed E-state index contributed by atoms with van der Waals surface area (Å²) in [5, 5.41) is 9.50. The van der Waals surface area contributed by atoms with Crippen LogP contribution in [-0.2, 0) is 10.4 Å². The van der Waals surface area contributed by atoms with Crippen LogP contribution in [0, 0.1) is 0 Å². The van der Waals surface area contributed by atoms with Gasteiger partial charge in [0.25, 0.3) is 5.60 Å². The first-order valence-electron chi connectivity index (χ1n) is 9.21. The molecule has 2 aromatic carbocycles. The lowest BCUT2D eigenvalue weighted by molar-refractivity contribution is -0.376. The zero-order valence-electron chi connectivity index (χ0n) is 16.3. The summed E-state index contributed by atoms with van der Waals surface area (Å²) in [6, 6.07) is 11.9. The molecule has 1 unspecified atom stereocenters. The Morgan fingerprint density at radius 2 is 1.40 bits per heavy atom. The maximum Gasteiger partial charge on any atom is 0.430 e. The average Bonchev–Trinajstić information content (AvgIpc) is 2.68. The summed E-state index contributed by atoms with van der Waals surface area (Å²) in [4.78, 5) is 14.3. The van der Waals surface area contributed by atoms with Gasteiger partial charge in [0.05, 0.1) is 5.92 Å². The zero-order valence-corrected chi connectivity index (χ0v) is 16.3. The first-order valence-corrected chi connectivity index (χ1v) is 9.21. The Morgan fingerprint density at radius 1 is 0.900 bits per heavy atom. The van der Waals surface area contributed by atoms with Crippen LogP contribution >= 0.6 is 0 Å². The fourth-order valence-electron chi connectivity index (χ4n) is 3.26. The maximum atomic E-state index is 13.0. The summed E-state index contributed by atoms with van der Waals surface area (Å²) in [5.41, 5.74) is -5.49. The molecular formula is C21H21F6NO2. The van der Waals surface area contributed by atoms with Crippen molar-refractivity contribution in [3.8, 4) is 0 Å². The molecule has 164 valence electrons. The predicted octanol–water partition coefficient (Wildman–Crippen LogP) is 5.55. The Kier molecular flexibility index (Phi) is 6.86. The number of carbonyl (C=O) groups excluding carboxylic acids is 1. The van der Waals surface area contributed by atoms with E-state index < -0.39 is 29.4 Å². The fraction of sp³-hybridized carbons (Fsp3) is 0.381. The monoisotopic (exact) mass is 433 g/mol. The molecule has 0 heterocycles. The Morgan fingerprint density at radius 3 is 1.80 bits per heavy atom. The molecule has 2 rings (SSSR count). The third kappa shape index (κ3) is 4.30. The first kappa shape index (κ1) is 23.7. The number of nitrogens with zero attached hydrogens (tertiary/aromatic N) is 1. The molecule has 1 N–H and O–H groups in total. The zero-order chi connectivity index (χ0) is 22.7. The maximum absolute atomic E-state index is 13.0. The summed E-state index contributed by atoms with van der Waals surface area (Å²) in [5.74, 6) is -0.853. The normalized spacial score (nSPS) is 13.8. The quantitative estimate of drug-likeness (QED) is 0.608. The topological polar surface area (TPSA) is 40.5 Å². The fourth-order valence-corrected chi connectivity index (χ4v) is 3.26. The number of rotatable bonds is 6. The highest BCUT2D eigenvalue weighted by molar-refractivity contribution is 5.98. The highest BCUT2D eigenvalue weighted by atomic mass is 19.4. The van der Waals surface area contributed by atoms with Crippen LogP contribution in [0.15, 0.2) is 54.6 Å². The van der Waals surface area contributed by atoms with Gasteiger partial charge < -0.3 is 10.0 Å². The lowest BCUT2D eigenvalue weighted by Crippen LogP contribution is -2.53. The van der Waals surface area contributed by atoms with Crippen LogP contribution < -0.4 is 4.90 Å². The molecule has 1 atom stereocenters. The van der Waals surface area contributed by atoms with Crippen molar-refractivity contribution < 1.29 is 36.2 Å². The number of hydrogen-bond donors (Lipinski definition) is 1. The van der Waals surface area contributed by atoms with Crippen molar-refractivity contribution in [1.82, 2.24) is 0 Å². The number of halogens is 6. The molecule has 0 saturated carbocycles. The van der Waals surface area contributed by atoms with E-state index in [0.29, 0.717) is 18.6 Å². The molecule has 0 radical (unpaired) electrons. The lowest BCUT2D eigenvalue weighted by atomic mass is 9.91. The molecule has 0 fully saturated rings. The molecule has 3 nitrogen and oxygen atoms in total. The molecule has 2 aromatic rings. The molecule has 0 saturated heterocycles. The third-order valence-corrected chi connectivity index (χ3v) is 4.91. The van der Waals surface area contributed by atoms with Crippen LogP contribution in [0.2, 0.25) is 0 Å². The van der Waals surface area contributed by atoms with Gasteiger partial charge in [0, 0.05) is 17.8 Å². The van der Waals surface area contributed by atoms with Gasteiger partial charge in [-0.2, -0.15) is 26.3 Å². The number of aliphatic hydroxyl groups is 1. The van der Waals surface area contributed by atoms with E-state index in [9.17, 15) is 36.2 Å². The number of benzene rings is 2. The summed E-state index contributed by atoms with van der Waals surface area (Å²) < 4.78 is 78.3. The lowest BCUT2D eigenvalue weighted by Gasteiger charge is -2.33. The van der Waals surface area contributed by atoms with E-state index in [0.717, 1.165) is 17.7 Å². The number of carbonyl (C=O) groups is 1. The van der Waals surface area contributed by atoms with Crippen LogP contribution in [0.5, 0.6) is 0 Å². The minimum Gasteiger partial charge on any atom is -0.369 e. The average molecular weight is 433 g/mol. The summed E-state index contributed by atoms with van der Waals surface area (Å²) in [7, 11) is 0. The number of anilines is 1. The molecule has 0 aliphatic rings. The molecule has 9 heteroatoms. The van der Waals surface area contributed by atoms with Crippen LogP contribution in [0.3, 0.4) is 0 Å². The minimum absolute atomic E-state index is 0.132. The third-order valence-electron chi connectivity index (χ3n) is 4.91. The molecular weight excluding hydrogens is 412 g/mol. The standard InChI is InChI=1S/C21H21F6NO2/c1-3-17(14-8-6-5-7-9-14)18(29)28(4-2)16-12-10-15(11-13-16)19(30,20(22,23)24)21(25,26)27/h5-13,17,30H,3-4H2,1-2H3. The van der Waals surface area contributed by atoms with Gasteiger partial charge in [-0.15, -0.1) is 0 Å². The van der Waals surface area contributed by atoms with Gasteiger partial charge in [0.15, 0.2) is 0 Å². The van der Waals surface area contributed by atoms with E-state index >= 15 is 0 Å². The van der Waals surface area contributed by atoms with E-state index in [-0.39, 0.29) is 18.1 Å². The SMILES string of the molecule is CCC(C(=O)N(CC)c1ccc(C(O)(C(F)(F)F)C(F)(F)F)cc1)c1ccccc1. The van der Waals surface area contributed by atoms with Crippen LogP contribution in [0.1, 0.15) is 37.3 Å². The summed E-state index contributed by atoms with van der Waals surface area (Å²) in [6.45, 7) is 3.61. The second-order valence-corrected chi connectivity index (χ2v) is 6.71. The Balaban J connectivity index is 2.41. The van der Waals surface area contributed by atoms with Gasteiger partial charge in [0.1, 0.15) is 0 Å². The van der Waals surface area contributed by atoms with E-state index in [1.807, 2.05) is 0 Å². The second kappa shape index (κ2) is 8.67. The highest BCUT2D eigenvalue weighted by Crippen LogP contribution is 2.50. The molecule has 1 amide bonds. The predicted molar refractivity (Wildman–Crippen MR) is 99.9 cm³/mol. The van der Waals surface area contributed by atoms with Crippen molar-refractivity contribution in [3.05, 3.63) is 65.7 Å². The van der Waals surface area contributed by atoms with Gasteiger partial charge in [-0.25, -0.2) is 0 Å². The van der Waals surface area contributed by atoms with Crippen molar-refractivity contribution >= 4 is 11.6 Å². The van der Waals surface area contributed by atoms with Gasteiger partial charge in [-0.05, 0) is 31.0 Å². The molecule has 0 aromatic heterocycles. The second-order valence-electron chi connectivity index (χ2n) is 6.71. The molecule has 0 aliphatic heterocycles. The number of alkyl halides is 6. The number of likely N-dealkylation sites (N-methyl/N-ethyl adjacent to an activating group) is 1. The van der Waals surface area contributed by atoms with Crippen LogP contribution in [-0.4, -0.2) is 29.9 Å². The molecule has 30 heavy (non-hydrogen) atoms. The van der Waals surface area contributed by atoms with E-state index in [1.165, 1.54) is 4.90 Å². The van der Waals surface area contributed by atoms with Crippen molar-refractivity contribution in [1.29, 1.82) is 0 Å². The smallest absolute Gasteiger partial charge is 0.369 e. The van der Waals surface area contributed by atoms with Crippen LogP contribution in [0.25, 0.3) is 0 Å². The molecule has 0 aliphatic carbocycles. The van der Waals surface area contributed by atoms with Crippen molar-refractivity contribution in [2.75, 3.05) is 11.4 Å². The molecule has 0 spiro atoms. The van der Waals surface area contributed by atoms with E-state index in [1.54, 1.807) is 44.2 Å². The van der Waals surface area contributed by atoms with Gasteiger partial charge in [0.2, 0.25) is 5.91 Å². The Hall–Kier alpha value is -2.55. The van der Waals surface area contributed by atoms with Crippen molar-refractivity contribution in [2.24, 2.45) is 0 Å². The van der Waals surface area contributed by atoms with Crippen LogP contribution in [0.4, 0.5) is 32.0 Å². The Labute approximate surface area is 169 Å². The Bertz CT molecular complexity index is 833. The number of hydrogen-bond acceptors (Lipinski definition) is 2. The number of amides is 1. The van der Waals surface area contributed by atoms with Gasteiger partial charge in [-0.1, -0.05) is 49.4 Å². The summed E-state index contributed by atoms with van der Waals surface area (Å²) >= 11 is 0.